The predicted molar refractivity (Wildman–Crippen MR) is 46.7 cm³/mol. The molecule has 2 atom stereocenters. The maximum Gasteiger partial charge on any atom is 0.308 e. The van der Waals surface area contributed by atoms with Crippen LogP contribution in [0.3, 0.4) is 0 Å². The summed E-state index contributed by atoms with van der Waals surface area (Å²) in [6.45, 7) is 0. The van der Waals surface area contributed by atoms with E-state index in [1.165, 1.54) is 0 Å². The van der Waals surface area contributed by atoms with Crippen LogP contribution in [0.5, 0.6) is 0 Å². The minimum atomic E-state index is -0.752. The van der Waals surface area contributed by atoms with Gasteiger partial charge in [-0.1, -0.05) is 12.2 Å². The molecular weight excluding hydrogens is 154 g/mol. The Balaban J connectivity index is 2.58. The van der Waals surface area contributed by atoms with E-state index in [9.17, 15) is 4.79 Å². The number of carbonyl (C=O) groups is 1. The summed E-state index contributed by atoms with van der Waals surface area (Å²) in [6, 6.07) is -0.174. The van der Waals surface area contributed by atoms with Crippen molar-refractivity contribution in [1.29, 1.82) is 0 Å². The minimum absolute atomic E-state index is 0.174. The van der Waals surface area contributed by atoms with E-state index in [-0.39, 0.29) is 12.0 Å². The fraction of sp³-hybridized carbons (Fsp3) is 0.667. The standard InChI is InChI=1S/C9H15NO2/c10-8-6-4-2-1-3-5-7(8)9(11)12/h1-2,7-8H,3-6,10H2,(H,11,12)/b2-1-/t7-,8+/m0/s1. The Bertz CT molecular complexity index is 189. The van der Waals surface area contributed by atoms with Gasteiger partial charge in [0.15, 0.2) is 0 Å². The molecular formula is C9H15NO2. The highest BCUT2D eigenvalue weighted by Gasteiger charge is 2.24. The van der Waals surface area contributed by atoms with Crippen molar-refractivity contribution in [1.82, 2.24) is 0 Å². The SMILES string of the molecule is N[C@@H]1CC/C=C\CC[C@@H]1C(=O)O. The van der Waals surface area contributed by atoms with Crippen molar-refractivity contribution >= 4 is 5.97 Å². The average molecular weight is 169 g/mol. The first kappa shape index (κ1) is 9.26. The molecule has 0 bridgehead atoms. The van der Waals surface area contributed by atoms with Crippen LogP contribution in [0, 0.1) is 5.92 Å². The molecule has 12 heavy (non-hydrogen) atoms. The van der Waals surface area contributed by atoms with E-state index in [2.05, 4.69) is 6.08 Å². The molecule has 1 aliphatic carbocycles. The van der Waals surface area contributed by atoms with E-state index in [1.54, 1.807) is 0 Å². The first-order chi connectivity index (χ1) is 5.72. The smallest absolute Gasteiger partial charge is 0.308 e. The van der Waals surface area contributed by atoms with Gasteiger partial charge in [-0.2, -0.15) is 0 Å². The zero-order valence-corrected chi connectivity index (χ0v) is 7.07. The highest BCUT2D eigenvalue weighted by atomic mass is 16.4. The maximum absolute atomic E-state index is 10.7. The number of aliphatic carboxylic acids is 1. The number of hydrogen-bond acceptors (Lipinski definition) is 2. The number of allylic oxidation sites excluding steroid dienone is 2. The molecule has 0 unspecified atom stereocenters. The quantitative estimate of drug-likeness (QED) is 0.579. The monoisotopic (exact) mass is 169 g/mol. The van der Waals surface area contributed by atoms with E-state index in [0.717, 1.165) is 19.3 Å². The lowest BCUT2D eigenvalue weighted by Gasteiger charge is -2.20. The molecule has 0 heterocycles. The van der Waals surface area contributed by atoms with Crippen LogP contribution >= 0.6 is 0 Å². The van der Waals surface area contributed by atoms with Crippen LogP contribution in [0.4, 0.5) is 0 Å². The van der Waals surface area contributed by atoms with Gasteiger partial charge >= 0.3 is 5.97 Å². The summed E-state index contributed by atoms with van der Waals surface area (Å²) in [6.07, 6.45) is 7.33. The summed E-state index contributed by atoms with van der Waals surface area (Å²) in [7, 11) is 0. The summed E-state index contributed by atoms with van der Waals surface area (Å²) >= 11 is 0. The van der Waals surface area contributed by atoms with Gasteiger partial charge in [-0.3, -0.25) is 4.79 Å². The summed E-state index contributed by atoms with van der Waals surface area (Å²) in [4.78, 5) is 10.7. The molecule has 3 nitrogen and oxygen atoms in total. The molecule has 1 aliphatic rings. The third kappa shape index (κ3) is 2.34. The van der Waals surface area contributed by atoms with Crippen LogP contribution < -0.4 is 5.73 Å². The molecule has 3 heteroatoms. The van der Waals surface area contributed by atoms with E-state index in [4.69, 9.17) is 10.8 Å². The van der Waals surface area contributed by atoms with E-state index in [0.29, 0.717) is 6.42 Å². The highest BCUT2D eigenvalue weighted by Crippen LogP contribution is 2.17. The van der Waals surface area contributed by atoms with Crippen molar-refractivity contribution in [2.45, 2.75) is 31.7 Å². The van der Waals surface area contributed by atoms with Gasteiger partial charge in [-0.15, -0.1) is 0 Å². The van der Waals surface area contributed by atoms with Crippen LogP contribution in [-0.2, 0) is 4.79 Å². The number of carboxylic acids is 1. The van der Waals surface area contributed by atoms with Gasteiger partial charge in [0.05, 0.1) is 5.92 Å². The van der Waals surface area contributed by atoms with Gasteiger partial charge in [0.25, 0.3) is 0 Å². The maximum atomic E-state index is 10.7. The molecule has 0 aromatic rings. The molecule has 0 fully saturated rings. The van der Waals surface area contributed by atoms with E-state index >= 15 is 0 Å². The third-order valence-corrected chi connectivity index (χ3v) is 2.31. The lowest BCUT2D eigenvalue weighted by atomic mass is 9.90. The zero-order chi connectivity index (χ0) is 8.97. The van der Waals surface area contributed by atoms with Gasteiger partial charge in [0, 0.05) is 6.04 Å². The molecule has 1 rings (SSSR count). The Hall–Kier alpha value is -0.830. The van der Waals surface area contributed by atoms with Crippen molar-refractivity contribution in [3.63, 3.8) is 0 Å². The average Bonchev–Trinajstić information content (AvgIpc) is 1.96. The number of hydrogen-bond donors (Lipinski definition) is 2. The van der Waals surface area contributed by atoms with Crippen molar-refractivity contribution in [2.75, 3.05) is 0 Å². The van der Waals surface area contributed by atoms with Crippen molar-refractivity contribution in [3.8, 4) is 0 Å². The van der Waals surface area contributed by atoms with Crippen LogP contribution in [0.15, 0.2) is 12.2 Å². The molecule has 0 amide bonds. The predicted octanol–water partition coefficient (Wildman–Crippen LogP) is 1.14. The minimum Gasteiger partial charge on any atom is -0.481 e. The molecule has 0 saturated heterocycles. The van der Waals surface area contributed by atoms with Crippen LogP contribution in [0.1, 0.15) is 25.7 Å². The molecule has 0 aromatic heterocycles. The van der Waals surface area contributed by atoms with Crippen molar-refractivity contribution in [2.24, 2.45) is 11.7 Å². The molecule has 68 valence electrons. The lowest BCUT2D eigenvalue weighted by molar-refractivity contribution is -0.142. The highest BCUT2D eigenvalue weighted by molar-refractivity contribution is 5.70. The number of nitrogens with two attached hydrogens (primary N) is 1. The van der Waals surface area contributed by atoms with Crippen LogP contribution in [0.25, 0.3) is 0 Å². The van der Waals surface area contributed by atoms with Gasteiger partial charge in [-0.25, -0.2) is 0 Å². The molecule has 0 radical (unpaired) electrons. The Labute approximate surface area is 72.3 Å². The summed E-state index contributed by atoms with van der Waals surface area (Å²) in [5, 5.41) is 8.82. The second-order valence-electron chi connectivity index (χ2n) is 3.23. The summed E-state index contributed by atoms with van der Waals surface area (Å²) in [5.41, 5.74) is 5.73. The Morgan fingerprint density at radius 1 is 1.33 bits per heavy atom. The van der Waals surface area contributed by atoms with Gasteiger partial charge in [-0.05, 0) is 25.7 Å². The largest absolute Gasteiger partial charge is 0.481 e. The molecule has 0 spiro atoms. The Morgan fingerprint density at radius 3 is 2.50 bits per heavy atom. The molecule has 0 aromatic carbocycles. The zero-order valence-electron chi connectivity index (χ0n) is 7.07. The Morgan fingerprint density at radius 2 is 1.92 bits per heavy atom. The molecule has 3 N–H and O–H groups in total. The summed E-state index contributed by atoms with van der Waals surface area (Å²) < 4.78 is 0. The normalized spacial score (nSPS) is 33.4. The number of carboxylic acid groups (broad SMARTS) is 1. The van der Waals surface area contributed by atoms with Crippen molar-refractivity contribution in [3.05, 3.63) is 12.2 Å². The molecule has 0 saturated carbocycles. The Kier molecular flexibility index (Phi) is 3.29. The summed E-state index contributed by atoms with van der Waals surface area (Å²) in [5.74, 6) is -1.10. The van der Waals surface area contributed by atoms with Crippen molar-refractivity contribution < 1.29 is 9.90 Å². The van der Waals surface area contributed by atoms with Crippen LogP contribution in [0.2, 0.25) is 0 Å². The molecule has 0 aliphatic heterocycles. The third-order valence-electron chi connectivity index (χ3n) is 2.31. The lowest BCUT2D eigenvalue weighted by Crippen LogP contribution is -2.35. The first-order valence-corrected chi connectivity index (χ1v) is 4.35. The fourth-order valence-corrected chi connectivity index (χ4v) is 1.52. The number of rotatable bonds is 1. The van der Waals surface area contributed by atoms with E-state index < -0.39 is 5.97 Å². The van der Waals surface area contributed by atoms with Gasteiger partial charge < -0.3 is 10.8 Å². The van der Waals surface area contributed by atoms with Gasteiger partial charge in [0.2, 0.25) is 0 Å². The fourth-order valence-electron chi connectivity index (χ4n) is 1.52. The van der Waals surface area contributed by atoms with Gasteiger partial charge in [0.1, 0.15) is 0 Å². The van der Waals surface area contributed by atoms with Crippen LogP contribution in [-0.4, -0.2) is 17.1 Å². The van der Waals surface area contributed by atoms with E-state index in [1.807, 2.05) is 6.08 Å². The first-order valence-electron chi connectivity index (χ1n) is 4.35. The second-order valence-corrected chi connectivity index (χ2v) is 3.23. The second kappa shape index (κ2) is 4.26. The topological polar surface area (TPSA) is 63.3 Å².